The molecule has 1 aromatic rings. The van der Waals surface area contributed by atoms with Crippen LogP contribution in [-0.4, -0.2) is 24.2 Å². The molecule has 0 unspecified atom stereocenters. The van der Waals surface area contributed by atoms with Crippen molar-refractivity contribution in [3.8, 4) is 0 Å². The summed E-state index contributed by atoms with van der Waals surface area (Å²) in [6.45, 7) is 7.83. The van der Waals surface area contributed by atoms with Crippen molar-refractivity contribution in [3.63, 3.8) is 0 Å². The maximum atomic E-state index is 10.8. The quantitative estimate of drug-likeness (QED) is 0.775. The molecule has 0 saturated carbocycles. The van der Waals surface area contributed by atoms with Gasteiger partial charge in [0.2, 0.25) is 0 Å². The number of carbonyl (C=O) groups is 1. The number of para-hydroxylation sites is 2. The van der Waals surface area contributed by atoms with Gasteiger partial charge in [-0.05, 0) is 24.0 Å². The van der Waals surface area contributed by atoms with Gasteiger partial charge >= 0.3 is 5.97 Å². The summed E-state index contributed by atoms with van der Waals surface area (Å²) < 4.78 is 0. The Kier molecular flexibility index (Phi) is 5.21. The Morgan fingerprint density at radius 1 is 1.26 bits per heavy atom. The number of anilines is 2. The molecule has 0 fully saturated rings. The van der Waals surface area contributed by atoms with E-state index in [0.717, 1.165) is 18.7 Å². The topological polar surface area (TPSA) is 66.6 Å². The number of benzene rings is 1. The van der Waals surface area contributed by atoms with E-state index < -0.39 is 5.97 Å². The lowest BCUT2D eigenvalue weighted by molar-refractivity contribution is -0.136. The minimum Gasteiger partial charge on any atom is -0.481 e. The molecule has 0 bridgehead atoms. The van der Waals surface area contributed by atoms with Crippen molar-refractivity contribution in [3.05, 3.63) is 24.3 Å². The first-order valence-electron chi connectivity index (χ1n) is 6.61. The predicted octanol–water partition coefficient (Wildman–Crippen LogP) is 2.99. The Balaban J connectivity index is 2.80. The Bertz CT molecular complexity index is 424. The Morgan fingerprint density at radius 3 is 2.42 bits per heavy atom. The zero-order valence-corrected chi connectivity index (χ0v) is 12.0. The van der Waals surface area contributed by atoms with E-state index in [-0.39, 0.29) is 11.8 Å². The van der Waals surface area contributed by atoms with Crippen LogP contribution in [0.25, 0.3) is 0 Å². The number of nitrogen functional groups attached to an aromatic ring is 1. The third-order valence-electron chi connectivity index (χ3n) is 3.00. The second-order valence-corrected chi connectivity index (χ2v) is 6.00. The number of rotatable bonds is 6. The number of hydrogen-bond donors (Lipinski definition) is 2. The summed E-state index contributed by atoms with van der Waals surface area (Å²) >= 11 is 0. The first-order chi connectivity index (χ1) is 8.79. The number of hydrogen-bond acceptors (Lipinski definition) is 3. The van der Waals surface area contributed by atoms with Gasteiger partial charge in [0.1, 0.15) is 0 Å². The van der Waals surface area contributed by atoms with Crippen LogP contribution >= 0.6 is 0 Å². The smallest absolute Gasteiger partial charge is 0.305 e. The number of carboxylic acids is 1. The van der Waals surface area contributed by atoms with Crippen LogP contribution in [-0.2, 0) is 4.79 Å². The van der Waals surface area contributed by atoms with Crippen molar-refractivity contribution in [2.75, 3.05) is 23.7 Å². The van der Waals surface area contributed by atoms with E-state index in [1.54, 1.807) is 0 Å². The Labute approximate surface area is 115 Å². The van der Waals surface area contributed by atoms with Crippen molar-refractivity contribution in [1.29, 1.82) is 0 Å². The molecule has 1 aromatic carbocycles. The molecule has 19 heavy (non-hydrogen) atoms. The first-order valence-corrected chi connectivity index (χ1v) is 6.61. The largest absolute Gasteiger partial charge is 0.481 e. The molecule has 0 saturated heterocycles. The van der Waals surface area contributed by atoms with Crippen molar-refractivity contribution in [2.24, 2.45) is 5.41 Å². The van der Waals surface area contributed by atoms with Crippen LogP contribution < -0.4 is 10.6 Å². The maximum Gasteiger partial charge on any atom is 0.305 e. The van der Waals surface area contributed by atoms with Crippen LogP contribution in [0.1, 0.15) is 33.6 Å². The number of aliphatic carboxylic acids is 1. The molecule has 3 N–H and O–H groups in total. The molecule has 0 atom stereocenters. The van der Waals surface area contributed by atoms with Crippen LogP contribution in [0.2, 0.25) is 0 Å². The highest BCUT2D eigenvalue weighted by molar-refractivity contribution is 5.70. The summed E-state index contributed by atoms with van der Waals surface area (Å²) in [4.78, 5) is 12.8. The molecule has 0 heterocycles. The summed E-state index contributed by atoms with van der Waals surface area (Å²) in [5.41, 5.74) is 7.81. The second kappa shape index (κ2) is 6.45. The van der Waals surface area contributed by atoms with Gasteiger partial charge in [0.25, 0.3) is 0 Å². The van der Waals surface area contributed by atoms with E-state index in [9.17, 15) is 4.79 Å². The van der Waals surface area contributed by atoms with Gasteiger partial charge in [-0.1, -0.05) is 32.9 Å². The lowest BCUT2D eigenvalue weighted by Gasteiger charge is -2.29. The van der Waals surface area contributed by atoms with Crippen molar-refractivity contribution in [2.45, 2.75) is 33.6 Å². The second-order valence-electron chi connectivity index (χ2n) is 6.00. The monoisotopic (exact) mass is 264 g/mol. The molecular formula is C15H24N2O2. The van der Waals surface area contributed by atoms with Crippen LogP contribution in [0, 0.1) is 5.41 Å². The standard InChI is InChI=1S/C15H24N2O2/c1-15(2,3)9-11-17(10-8-14(18)19)13-7-5-4-6-12(13)16/h4-7H,8-11,16H2,1-3H3,(H,18,19). The number of nitrogens with two attached hydrogens (primary N) is 1. The van der Waals surface area contributed by atoms with E-state index in [4.69, 9.17) is 10.8 Å². The zero-order chi connectivity index (χ0) is 14.5. The molecular weight excluding hydrogens is 240 g/mol. The summed E-state index contributed by atoms with van der Waals surface area (Å²) in [5.74, 6) is -0.782. The summed E-state index contributed by atoms with van der Waals surface area (Å²) in [5, 5.41) is 8.85. The average Bonchev–Trinajstić information content (AvgIpc) is 2.29. The van der Waals surface area contributed by atoms with Crippen molar-refractivity contribution >= 4 is 17.3 Å². The van der Waals surface area contributed by atoms with E-state index in [2.05, 4.69) is 25.7 Å². The molecule has 0 amide bonds. The number of carboxylic acid groups (broad SMARTS) is 1. The molecule has 106 valence electrons. The molecule has 0 aliphatic carbocycles. The molecule has 0 radical (unpaired) electrons. The fourth-order valence-electron chi connectivity index (χ4n) is 1.83. The highest BCUT2D eigenvalue weighted by Gasteiger charge is 2.16. The summed E-state index contributed by atoms with van der Waals surface area (Å²) in [6.07, 6.45) is 1.11. The van der Waals surface area contributed by atoms with Gasteiger partial charge in [-0.2, -0.15) is 0 Å². The minimum absolute atomic E-state index is 0.123. The zero-order valence-electron chi connectivity index (χ0n) is 12.0. The third-order valence-corrected chi connectivity index (χ3v) is 3.00. The predicted molar refractivity (Wildman–Crippen MR) is 79.4 cm³/mol. The van der Waals surface area contributed by atoms with Gasteiger partial charge in [0.15, 0.2) is 0 Å². The van der Waals surface area contributed by atoms with E-state index in [0.29, 0.717) is 12.2 Å². The Morgan fingerprint density at radius 2 is 1.89 bits per heavy atom. The highest BCUT2D eigenvalue weighted by atomic mass is 16.4. The number of nitrogens with zero attached hydrogens (tertiary/aromatic N) is 1. The lowest BCUT2D eigenvalue weighted by Crippen LogP contribution is -2.30. The van der Waals surface area contributed by atoms with Gasteiger partial charge in [-0.25, -0.2) is 0 Å². The SMILES string of the molecule is CC(C)(C)CCN(CCC(=O)O)c1ccccc1N. The Hall–Kier alpha value is -1.71. The van der Waals surface area contributed by atoms with Crippen molar-refractivity contribution < 1.29 is 9.90 Å². The normalized spacial score (nSPS) is 11.3. The maximum absolute atomic E-state index is 10.8. The molecule has 0 aliphatic heterocycles. The average molecular weight is 264 g/mol. The molecule has 0 aliphatic rings. The molecule has 1 rings (SSSR count). The first kappa shape index (κ1) is 15.3. The fraction of sp³-hybridized carbons (Fsp3) is 0.533. The van der Waals surface area contributed by atoms with Crippen molar-refractivity contribution in [1.82, 2.24) is 0 Å². The minimum atomic E-state index is -0.782. The lowest BCUT2D eigenvalue weighted by atomic mass is 9.92. The van der Waals surface area contributed by atoms with Gasteiger partial charge in [-0.3, -0.25) is 4.79 Å². The third kappa shape index (κ3) is 5.64. The van der Waals surface area contributed by atoms with Crippen LogP contribution in [0.3, 0.4) is 0 Å². The summed E-state index contributed by atoms with van der Waals surface area (Å²) in [7, 11) is 0. The van der Waals surface area contributed by atoms with Gasteiger partial charge < -0.3 is 15.7 Å². The molecule has 4 nitrogen and oxygen atoms in total. The fourth-order valence-corrected chi connectivity index (χ4v) is 1.83. The van der Waals surface area contributed by atoms with Gasteiger partial charge in [0.05, 0.1) is 17.8 Å². The van der Waals surface area contributed by atoms with Gasteiger partial charge in [0, 0.05) is 13.1 Å². The van der Waals surface area contributed by atoms with Crippen LogP contribution in [0.5, 0.6) is 0 Å². The molecule has 4 heteroatoms. The van der Waals surface area contributed by atoms with Crippen LogP contribution in [0.4, 0.5) is 11.4 Å². The van der Waals surface area contributed by atoms with Crippen LogP contribution in [0.15, 0.2) is 24.3 Å². The molecule has 0 aromatic heterocycles. The van der Waals surface area contributed by atoms with E-state index >= 15 is 0 Å². The van der Waals surface area contributed by atoms with E-state index in [1.807, 2.05) is 24.3 Å². The molecule has 0 spiro atoms. The van der Waals surface area contributed by atoms with E-state index in [1.165, 1.54) is 0 Å². The summed E-state index contributed by atoms with van der Waals surface area (Å²) in [6, 6.07) is 7.61. The van der Waals surface area contributed by atoms with Gasteiger partial charge in [-0.15, -0.1) is 0 Å². The highest BCUT2D eigenvalue weighted by Crippen LogP contribution is 2.26.